The minimum absolute atomic E-state index is 1.20. The van der Waals surface area contributed by atoms with Gasteiger partial charge in [0.25, 0.3) is 0 Å². The summed E-state index contributed by atoms with van der Waals surface area (Å²) in [6, 6.07) is 104. The van der Waals surface area contributed by atoms with Gasteiger partial charge in [0.15, 0.2) is 0 Å². The summed E-state index contributed by atoms with van der Waals surface area (Å²) in [6.45, 7) is 0. The summed E-state index contributed by atoms with van der Waals surface area (Å²) >= 11 is 0. The van der Waals surface area contributed by atoms with Gasteiger partial charge in [-0.1, -0.05) is 261 Å². The fraction of sp³-hybridized carbons (Fsp3) is 0. The Morgan fingerprint density at radius 3 is 1.01 bits per heavy atom. The standard InChI is InChI=1S/C76H46/c1-2-10-57-45-61(27-22-47(57)8-1)60-14-6-15-62(46-60)66-38-30-55-32-40-69-64(36-28-53-34-42-71(66)75(55)73(53)69)51-23-18-48(19-24-51)58-12-5-13-59(44-58)49-20-25-52(26-21-49)65-37-29-54-35-43-72-68(39-31-56-33-41-70(65)74(54)76(56)72)67-17-7-11-50-9-3-4-16-63(50)67/h1-46H. The SMILES string of the molecule is c1cc(-c2ccc(-c3ccc4ccc5c(-c6cccc(-c7ccc8ccccc8c7)c6)ccc6ccc3c4c65)cc2)cc(-c2ccc(-c3ccc4ccc5c(-c6cccc7ccccc67)ccc6ccc3c4c65)cc2)c1. The number of hydrogen-bond donors (Lipinski definition) is 0. The lowest BCUT2D eigenvalue weighted by molar-refractivity contribution is 1.58. The molecule has 0 bridgehead atoms. The van der Waals surface area contributed by atoms with Crippen molar-refractivity contribution in [3.8, 4) is 77.9 Å². The van der Waals surface area contributed by atoms with Crippen LogP contribution in [0, 0.1) is 0 Å². The first-order valence-corrected chi connectivity index (χ1v) is 26.5. The summed E-state index contributed by atoms with van der Waals surface area (Å²) in [5.74, 6) is 0. The predicted octanol–water partition coefficient (Wildman–Crippen LogP) is 21.5. The maximum absolute atomic E-state index is 2.35. The topological polar surface area (TPSA) is 0 Å². The van der Waals surface area contributed by atoms with E-state index in [1.807, 2.05) is 0 Å². The van der Waals surface area contributed by atoms with E-state index in [0.717, 1.165) is 0 Å². The molecule has 0 heterocycles. The normalized spacial score (nSPS) is 11.9. The van der Waals surface area contributed by atoms with Crippen molar-refractivity contribution in [3.05, 3.63) is 279 Å². The summed E-state index contributed by atoms with van der Waals surface area (Å²) in [5.41, 5.74) is 17.3. The van der Waals surface area contributed by atoms with Crippen LogP contribution in [-0.4, -0.2) is 0 Å². The van der Waals surface area contributed by atoms with Crippen molar-refractivity contribution in [2.45, 2.75) is 0 Å². The van der Waals surface area contributed by atoms with Crippen LogP contribution in [-0.2, 0) is 0 Å². The number of fused-ring (bicyclic) bond motifs is 2. The van der Waals surface area contributed by atoms with E-state index in [-0.39, 0.29) is 0 Å². The predicted molar refractivity (Wildman–Crippen MR) is 327 cm³/mol. The summed E-state index contributed by atoms with van der Waals surface area (Å²) in [5, 5.41) is 20.6. The lowest BCUT2D eigenvalue weighted by atomic mass is 9.86. The van der Waals surface area contributed by atoms with Gasteiger partial charge in [-0.3, -0.25) is 0 Å². The molecule has 0 atom stereocenters. The molecule has 0 nitrogen and oxygen atoms in total. The van der Waals surface area contributed by atoms with E-state index in [9.17, 15) is 0 Å². The Morgan fingerprint density at radius 2 is 0.461 bits per heavy atom. The first-order chi connectivity index (χ1) is 37.6. The third-order valence-electron chi connectivity index (χ3n) is 16.6. The summed E-state index contributed by atoms with van der Waals surface area (Å²) in [6.07, 6.45) is 0. The van der Waals surface area contributed by atoms with Gasteiger partial charge in [0, 0.05) is 0 Å². The van der Waals surface area contributed by atoms with Crippen molar-refractivity contribution >= 4 is 86.2 Å². The molecular weight excluding hydrogens is 913 g/mol. The third kappa shape index (κ3) is 6.71. The zero-order valence-corrected chi connectivity index (χ0v) is 41.6. The van der Waals surface area contributed by atoms with E-state index < -0.39 is 0 Å². The van der Waals surface area contributed by atoms with Gasteiger partial charge in [-0.2, -0.15) is 0 Å². The van der Waals surface area contributed by atoms with Crippen molar-refractivity contribution < 1.29 is 0 Å². The second kappa shape index (κ2) is 16.8. The van der Waals surface area contributed by atoms with Crippen LogP contribution in [0.3, 0.4) is 0 Å². The van der Waals surface area contributed by atoms with Crippen LogP contribution < -0.4 is 0 Å². The minimum Gasteiger partial charge on any atom is -0.0616 e. The fourth-order valence-electron chi connectivity index (χ4n) is 12.9. The fourth-order valence-corrected chi connectivity index (χ4v) is 12.9. The molecule has 0 amide bonds. The molecule has 0 radical (unpaired) electrons. The van der Waals surface area contributed by atoms with E-state index in [0.29, 0.717) is 0 Å². The van der Waals surface area contributed by atoms with Crippen LogP contribution in [0.5, 0.6) is 0 Å². The molecule has 0 aliphatic rings. The second-order valence-electron chi connectivity index (χ2n) is 20.7. The van der Waals surface area contributed by atoms with E-state index in [2.05, 4.69) is 279 Å². The summed E-state index contributed by atoms with van der Waals surface area (Å²) < 4.78 is 0. The molecule has 0 aromatic heterocycles. The first-order valence-electron chi connectivity index (χ1n) is 26.5. The van der Waals surface area contributed by atoms with Crippen LogP contribution in [0.2, 0.25) is 0 Å². The lowest BCUT2D eigenvalue weighted by Gasteiger charge is -2.17. The second-order valence-corrected chi connectivity index (χ2v) is 20.7. The molecule has 0 N–H and O–H groups in total. The Bertz CT molecular complexity index is 4950. The Kier molecular flexibility index (Phi) is 9.44. The van der Waals surface area contributed by atoms with Gasteiger partial charge in [0.05, 0.1) is 0 Å². The van der Waals surface area contributed by atoms with Crippen LogP contribution in [0.15, 0.2) is 279 Å². The third-order valence-corrected chi connectivity index (χ3v) is 16.6. The molecule has 350 valence electrons. The Labute approximate surface area is 440 Å². The Morgan fingerprint density at radius 1 is 0.132 bits per heavy atom. The van der Waals surface area contributed by atoms with Crippen molar-refractivity contribution in [1.29, 1.82) is 0 Å². The highest BCUT2D eigenvalue weighted by atomic mass is 14.2. The zero-order chi connectivity index (χ0) is 49.8. The molecule has 16 aromatic rings. The smallest absolute Gasteiger partial charge is 0.00203 e. The van der Waals surface area contributed by atoms with Crippen LogP contribution in [0.4, 0.5) is 0 Å². The molecule has 16 aromatic carbocycles. The number of hydrogen-bond acceptors (Lipinski definition) is 0. The molecular formula is C76H46. The average molecular weight is 959 g/mol. The van der Waals surface area contributed by atoms with Crippen molar-refractivity contribution in [2.24, 2.45) is 0 Å². The van der Waals surface area contributed by atoms with Gasteiger partial charge < -0.3 is 0 Å². The van der Waals surface area contributed by atoms with Gasteiger partial charge >= 0.3 is 0 Å². The molecule has 76 heavy (non-hydrogen) atoms. The zero-order valence-electron chi connectivity index (χ0n) is 41.6. The highest BCUT2D eigenvalue weighted by molar-refractivity contribution is 6.29. The summed E-state index contributed by atoms with van der Waals surface area (Å²) in [7, 11) is 0. The van der Waals surface area contributed by atoms with E-state index in [1.165, 1.54) is 164 Å². The molecule has 0 saturated carbocycles. The minimum atomic E-state index is 1.20. The molecule has 0 fully saturated rings. The highest BCUT2D eigenvalue weighted by Gasteiger charge is 2.18. The highest BCUT2D eigenvalue weighted by Crippen LogP contribution is 2.46. The van der Waals surface area contributed by atoms with Crippen LogP contribution in [0.1, 0.15) is 0 Å². The van der Waals surface area contributed by atoms with Gasteiger partial charge in [-0.05, 0) is 182 Å². The average Bonchev–Trinajstić information content (AvgIpc) is 3.67. The Hall–Kier alpha value is -9.88. The Balaban J connectivity index is 0.704. The lowest BCUT2D eigenvalue weighted by Crippen LogP contribution is -1.90. The van der Waals surface area contributed by atoms with E-state index in [4.69, 9.17) is 0 Å². The van der Waals surface area contributed by atoms with Crippen molar-refractivity contribution in [2.75, 3.05) is 0 Å². The van der Waals surface area contributed by atoms with Crippen molar-refractivity contribution in [3.63, 3.8) is 0 Å². The van der Waals surface area contributed by atoms with E-state index in [1.54, 1.807) is 0 Å². The van der Waals surface area contributed by atoms with Gasteiger partial charge in [0.2, 0.25) is 0 Å². The molecule has 0 aliphatic carbocycles. The largest absolute Gasteiger partial charge is 0.0616 e. The molecule has 0 aliphatic heterocycles. The molecule has 0 unspecified atom stereocenters. The van der Waals surface area contributed by atoms with E-state index >= 15 is 0 Å². The molecule has 0 heteroatoms. The monoisotopic (exact) mass is 958 g/mol. The van der Waals surface area contributed by atoms with Gasteiger partial charge in [-0.25, -0.2) is 0 Å². The number of rotatable bonds is 7. The maximum atomic E-state index is 2.35. The van der Waals surface area contributed by atoms with Crippen LogP contribution >= 0.6 is 0 Å². The number of benzene rings is 16. The molecule has 0 saturated heterocycles. The van der Waals surface area contributed by atoms with Gasteiger partial charge in [0.1, 0.15) is 0 Å². The first kappa shape index (κ1) is 42.6. The quantitative estimate of drug-likeness (QED) is 0.140. The van der Waals surface area contributed by atoms with Gasteiger partial charge in [-0.15, -0.1) is 0 Å². The van der Waals surface area contributed by atoms with Crippen molar-refractivity contribution in [1.82, 2.24) is 0 Å². The molecule has 0 spiro atoms. The summed E-state index contributed by atoms with van der Waals surface area (Å²) in [4.78, 5) is 0. The maximum Gasteiger partial charge on any atom is -0.00203 e. The molecule has 16 rings (SSSR count). The van der Waals surface area contributed by atoms with Crippen LogP contribution in [0.25, 0.3) is 164 Å².